The Bertz CT molecular complexity index is 941. The number of hydrazine groups is 1. The molecule has 8 heteroatoms. The lowest BCUT2D eigenvalue weighted by molar-refractivity contribution is -0.127. The molecule has 0 heterocycles. The molecule has 0 saturated heterocycles. The molecular weight excluding hydrogens is 395 g/mol. The zero-order valence-electron chi connectivity index (χ0n) is 16.2. The summed E-state index contributed by atoms with van der Waals surface area (Å²) >= 11 is 0. The van der Waals surface area contributed by atoms with Crippen molar-refractivity contribution in [3.63, 3.8) is 0 Å². The number of benzene rings is 2. The number of amides is 1. The van der Waals surface area contributed by atoms with Crippen molar-refractivity contribution in [3.05, 3.63) is 59.9 Å². The number of para-hydroxylation sites is 1. The molecule has 1 aliphatic carbocycles. The number of hydrogen-bond donors (Lipinski definition) is 2. The number of rotatable bonds is 7. The van der Waals surface area contributed by atoms with Crippen molar-refractivity contribution < 1.29 is 22.3 Å². The Morgan fingerprint density at radius 2 is 1.72 bits per heavy atom. The molecule has 0 spiro atoms. The van der Waals surface area contributed by atoms with E-state index in [1.807, 2.05) is 12.1 Å². The van der Waals surface area contributed by atoms with Gasteiger partial charge in [0.25, 0.3) is 15.9 Å². The summed E-state index contributed by atoms with van der Waals surface area (Å²) in [6.45, 7) is 1.40. The van der Waals surface area contributed by atoms with E-state index in [-0.39, 0.29) is 10.6 Å². The Morgan fingerprint density at radius 3 is 2.38 bits per heavy atom. The van der Waals surface area contributed by atoms with Gasteiger partial charge in [0.05, 0.1) is 4.90 Å². The molecule has 0 aromatic heterocycles. The second kappa shape index (κ2) is 9.37. The highest BCUT2D eigenvalue weighted by Crippen LogP contribution is 2.32. The smallest absolute Gasteiger partial charge is 0.275 e. The molecule has 6 nitrogen and oxygen atoms in total. The van der Waals surface area contributed by atoms with Crippen LogP contribution in [0.1, 0.15) is 50.5 Å². The number of halogens is 1. The topological polar surface area (TPSA) is 84.5 Å². The third-order valence-corrected chi connectivity index (χ3v) is 6.35. The highest BCUT2D eigenvalue weighted by molar-refractivity contribution is 7.89. The van der Waals surface area contributed by atoms with Crippen LogP contribution in [0.3, 0.4) is 0 Å². The molecule has 0 bridgehead atoms. The van der Waals surface area contributed by atoms with Crippen molar-refractivity contribution in [2.75, 3.05) is 0 Å². The first-order valence-corrected chi connectivity index (χ1v) is 11.2. The second-order valence-electron chi connectivity index (χ2n) is 7.19. The van der Waals surface area contributed by atoms with Gasteiger partial charge in [-0.2, -0.15) is 0 Å². The Kier molecular flexibility index (Phi) is 6.87. The lowest BCUT2D eigenvalue weighted by Crippen LogP contribution is -2.47. The highest BCUT2D eigenvalue weighted by atomic mass is 32.2. The summed E-state index contributed by atoms with van der Waals surface area (Å²) in [6.07, 6.45) is 4.81. The molecule has 2 N–H and O–H groups in total. The number of hydrogen-bond acceptors (Lipinski definition) is 4. The summed E-state index contributed by atoms with van der Waals surface area (Å²) in [5.74, 6) is -0.956. The summed E-state index contributed by atoms with van der Waals surface area (Å²) in [7, 11) is -3.93. The largest absolute Gasteiger partial charge is 0.478 e. The Hall–Kier alpha value is -2.45. The minimum Gasteiger partial charge on any atom is -0.478 e. The van der Waals surface area contributed by atoms with Crippen LogP contribution in [0.25, 0.3) is 0 Å². The third-order valence-electron chi connectivity index (χ3n) is 5.09. The number of nitrogens with one attached hydrogen (secondary N) is 2. The molecule has 2 aromatic carbocycles. The van der Waals surface area contributed by atoms with Crippen molar-refractivity contribution in [3.8, 4) is 5.75 Å². The molecule has 0 radical (unpaired) electrons. The van der Waals surface area contributed by atoms with E-state index in [0.29, 0.717) is 5.92 Å². The number of carbonyl (C=O) groups excluding carboxylic acids is 1. The fourth-order valence-electron chi connectivity index (χ4n) is 3.42. The molecule has 29 heavy (non-hydrogen) atoms. The van der Waals surface area contributed by atoms with Crippen LogP contribution in [0, 0.1) is 5.82 Å². The maximum atomic E-state index is 13.6. The standard InChI is InChI=1S/C21H25FN2O4S/c1-15(28-20-10-6-5-9-19(20)22)21(25)23-24-29(26,27)18-13-11-17(12-14-18)16-7-3-2-4-8-16/h5-6,9-16,24H,2-4,7-8H2,1H3,(H,23,25)/t15-/m1/s1. The van der Waals surface area contributed by atoms with Crippen molar-refractivity contribution in [1.29, 1.82) is 0 Å². The van der Waals surface area contributed by atoms with E-state index in [9.17, 15) is 17.6 Å². The molecule has 1 amide bonds. The van der Waals surface area contributed by atoms with Crippen LogP contribution in [0.4, 0.5) is 4.39 Å². The van der Waals surface area contributed by atoms with Gasteiger partial charge in [0.2, 0.25) is 0 Å². The van der Waals surface area contributed by atoms with Crippen LogP contribution in [0.5, 0.6) is 5.75 Å². The minimum absolute atomic E-state index is 0.0556. The third kappa shape index (κ3) is 5.55. The molecule has 1 atom stereocenters. The van der Waals surface area contributed by atoms with E-state index < -0.39 is 27.9 Å². The van der Waals surface area contributed by atoms with Gasteiger partial charge in [0, 0.05) is 0 Å². The van der Waals surface area contributed by atoms with E-state index in [1.165, 1.54) is 56.5 Å². The quantitative estimate of drug-likeness (QED) is 0.670. The SMILES string of the molecule is C[C@@H](Oc1ccccc1F)C(=O)NNS(=O)(=O)c1ccc(C2CCCCC2)cc1. The molecule has 0 aliphatic heterocycles. The molecule has 3 rings (SSSR count). The zero-order valence-corrected chi connectivity index (χ0v) is 17.0. The number of ether oxygens (including phenoxy) is 1. The van der Waals surface area contributed by atoms with Gasteiger partial charge in [-0.3, -0.25) is 10.2 Å². The molecule has 0 unspecified atom stereocenters. The van der Waals surface area contributed by atoms with Crippen molar-refractivity contribution in [2.24, 2.45) is 0 Å². The maximum Gasteiger partial charge on any atom is 0.275 e. The molecular formula is C21H25FN2O4S. The van der Waals surface area contributed by atoms with Gasteiger partial charge in [-0.05, 0) is 55.5 Å². The van der Waals surface area contributed by atoms with Crippen molar-refractivity contribution >= 4 is 15.9 Å². The average Bonchev–Trinajstić information content (AvgIpc) is 2.74. The Balaban J connectivity index is 1.57. The van der Waals surface area contributed by atoms with Crippen LogP contribution in [-0.2, 0) is 14.8 Å². The van der Waals surface area contributed by atoms with E-state index in [0.717, 1.165) is 18.4 Å². The predicted octanol–water partition coefficient (Wildman–Crippen LogP) is 3.65. The highest BCUT2D eigenvalue weighted by Gasteiger charge is 2.21. The van der Waals surface area contributed by atoms with Crippen molar-refractivity contribution in [2.45, 2.75) is 55.9 Å². The van der Waals surface area contributed by atoms with Gasteiger partial charge in [-0.25, -0.2) is 12.8 Å². The first-order chi connectivity index (χ1) is 13.9. The zero-order chi connectivity index (χ0) is 20.9. The molecule has 1 fully saturated rings. The van der Waals surface area contributed by atoms with E-state index in [4.69, 9.17) is 4.74 Å². The maximum absolute atomic E-state index is 13.6. The van der Waals surface area contributed by atoms with Crippen LogP contribution in [-0.4, -0.2) is 20.4 Å². The summed E-state index contributed by atoms with van der Waals surface area (Å²) in [5.41, 5.74) is 3.25. The van der Waals surface area contributed by atoms with Gasteiger partial charge in [0.1, 0.15) is 0 Å². The number of sulfonamides is 1. The normalized spacial score (nSPS) is 16.2. The monoisotopic (exact) mass is 420 g/mol. The van der Waals surface area contributed by atoms with E-state index >= 15 is 0 Å². The van der Waals surface area contributed by atoms with Gasteiger partial charge in [-0.1, -0.05) is 43.5 Å². The van der Waals surface area contributed by atoms with Gasteiger partial charge in [0.15, 0.2) is 17.7 Å². The first-order valence-electron chi connectivity index (χ1n) is 9.69. The van der Waals surface area contributed by atoms with Crippen LogP contribution in [0.15, 0.2) is 53.4 Å². The predicted molar refractivity (Wildman–Crippen MR) is 107 cm³/mol. The minimum atomic E-state index is -3.93. The fourth-order valence-corrected chi connectivity index (χ4v) is 4.26. The summed E-state index contributed by atoms with van der Waals surface area (Å²) in [5, 5.41) is 0. The molecule has 1 saturated carbocycles. The summed E-state index contributed by atoms with van der Waals surface area (Å²) < 4.78 is 43.7. The van der Waals surface area contributed by atoms with Gasteiger partial charge >= 0.3 is 0 Å². The number of carbonyl (C=O) groups is 1. The summed E-state index contributed by atoms with van der Waals surface area (Å²) in [4.78, 5) is 14.2. The molecule has 1 aliphatic rings. The van der Waals surface area contributed by atoms with E-state index in [2.05, 4.69) is 10.3 Å². The lowest BCUT2D eigenvalue weighted by Gasteiger charge is -2.22. The van der Waals surface area contributed by atoms with Crippen LogP contribution in [0.2, 0.25) is 0 Å². The lowest BCUT2D eigenvalue weighted by atomic mass is 9.84. The van der Waals surface area contributed by atoms with Crippen LogP contribution >= 0.6 is 0 Å². The average molecular weight is 421 g/mol. The first kappa shape index (κ1) is 21.3. The molecule has 2 aromatic rings. The van der Waals surface area contributed by atoms with Gasteiger partial charge < -0.3 is 4.74 Å². The van der Waals surface area contributed by atoms with Crippen LogP contribution < -0.4 is 15.0 Å². The van der Waals surface area contributed by atoms with Crippen molar-refractivity contribution in [1.82, 2.24) is 10.3 Å². The van der Waals surface area contributed by atoms with E-state index in [1.54, 1.807) is 6.07 Å². The Labute approximate surface area is 170 Å². The second-order valence-corrected chi connectivity index (χ2v) is 8.87. The molecule has 156 valence electrons. The van der Waals surface area contributed by atoms with Gasteiger partial charge in [-0.15, -0.1) is 4.83 Å². The summed E-state index contributed by atoms with van der Waals surface area (Å²) in [6, 6.07) is 12.4. The fraction of sp³-hybridized carbons (Fsp3) is 0.381. The Morgan fingerprint density at radius 1 is 1.07 bits per heavy atom.